The number of rotatable bonds is 4. The van der Waals surface area contributed by atoms with Crippen LogP contribution in [0.2, 0.25) is 5.02 Å². The third-order valence-corrected chi connectivity index (χ3v) is 3.09. The Labute approximate surface area is 101 Å². The van der Waals surface area contributed by atoms with E-state index in [1.54, 1.807) is 0 Å². The van der Waals surface area contributed by atoms with Gasteiger partial charge in [0.05, 0.1) is 0 Å². The lowest BCUT2D eigenvalue weighted by atomic mass is 10.1. The van der Waals surface area contributed by atoms with Crippen LogP contribution >= 0.6 is 11.6 Å². The van der Waals surface area contributed by atoms with Gasteiger partial charge in [0.2, 0.25) is 0 Å². The lowest BCUT2D eigenvalue weighted by Gasteiger charge is -2.00. The highest BCUT2D eigenvalue weighted by molar-refractivity contribution is 6.31. The number of likely N-dealkylation sites (N-methyl/N-ethyl adjacent to an activating group) is 1. The maximum atomic E-state index is 6.04. The molecule has 0 saturated heterocycles. The maximum Gasteiger partial charge on any atom is 0.0481 e. The minimum Gasteiger partial charge on any atom is -0.350 e. The summed E-state index contributed by atoms with van der Waals surface area (Å²) in [6.45, 7) is 4.16. The predicted octanol–water partition coefficient (Wildman–Crippen LogP) is 2.98. The SMILES string of the molecule is CCNCCc1cn(C)c2ccc(Cl)cc12. The van der Waals surface area contributed by atoms with Gasteiger partial charge in [0.25, 0.3) is 0 Å². The zero-order valence-electron chi connectivity index (χ0n) is 9.76. The summed E-state index contributed by atoms with van der Waals surface area (Å²) in [5.41, 5.74) is 2.61. The Morgan fingerprint density at radius 3 is 2.94 bits per heavy atom. The second-order valence-electron chi connectivity index (χ2n) is 4.03. The Morgan fingerprint density at radius 2 is 2.19 bits per heavy atom. The van der Waals surface area contributed by atoms with Crippen molar-refractivity contribution >= 4 is 22.5 Å². The van der Waals surface area contributed by atoms with Crippen molar-refractivity contribution in [1.29, 1.82) is 0 Å². The Balaban J connectivity index is 2.33. The average Bonchev–Trinajstić information content (AvgIpc) is 2.56. The fourth-order valence-corrected chi connectivity index (χ4v) is 2.22. The van der Waals surface area contributed by atoms with Crippen molar-refractivity contribution < 1.29 is 0 Å². The quantitative estimate of drug-likeness (QED) is 0.808. The summed E-state index contributed by atoms with van der Waals surface area (Å²) in [6, 6.07) is 6.07. The van der Waals surface area contributed by atoms with Crippen LogP contribution in [0.25, 0.3) is 10.9 Å². The minimum absolute atomic E-state index is 0.809. The molecule has 1 N–H and O–H groups in total. The third-order valence-electron chi connectivity index (χ3n) is 2.86. The van der Waals surface area contributed by atoms with Crippen molar-refractivity contribution in [2.24, 2.45) is 7.05 Å². The molecule has 2 rings (SSSR count). The molecular weight excluding hydrogens is 220 g/mol. The zero-order valence-corrected chi connectivity index (χ0v) is 10.5. The molecule has 0 aliphatic carbocycles. The van der Waals surface area contributed by atoms with Gasteiger partial charge < -0.3 is 9.88 Å². The molecule has 0 saturated carbocycles. The van der Waals surface area contributed by atoms with E-state index in [1.807, 2.05) is 6.07 Å². The molecule has 1 aromatic carbocycles. The normalized spacial score (nSPS) is 11.2. The molecule has 0 aliphatic rings. The van der Waals surface area contributed by atoms with Crippen LogP contribution in [0.5, 0.6) is 0 Å². The van der Waals surface area contributed by atoms with Gasteiger partial charge in [-0.25, -0.2) is 0 Å². The highest BCUT2D eigenvalue weighted by Crippen LogP contribution is 2.24. The fourth-order valence-electron chi connectivity index (χ4n) is 2.04. The molecule has 0 unspecified atom stereocenters. The van der Waals surface area contributed by atoms with E-state index in [0.29, 0.717) is 0 Å². The van der Waals surface area contributed by atoms with Gasteiger partial charge in [0.1, 0.15) is 0 Å². The van der Waals surface area contributed by atoms with Gasteiger partial charge in [-0.05, 0) is 43.3 Å². The van der Waals surface area contributed by atoms with Crippen LogP contribution < -0.4 is 5.32 Å². The number of benzene rings is 1. The van der Waals surface area contributed by atoms with Gasteiger partial charge in [-0.3, -0.25) is 0 Å². The summed E-state index contributed by atoms with van der Waals surface area (Å²) >= 11 is 6.04. The van der Waals surface area contributed by atoms with Gasteiger partial charge in [-0.15, -0.1) is 0 Å². The molecule has 0 fully saturated rings. The van der Waals surface area contributed by atoms with Crippen LogP contribution in [0.3, 0.4) is 0 Å². The van der Waals surface area contributed by atoms with E-state index in [4.69, 9.17) is 11.6 Å². The number of aromatic nitrogens is 1. The summed E-state index contributed by atoms with van der Waals surface area (Å²) in [6.07, 6.45) is 3.24. The van der Waals surface area contributed by atoms with Gasteiger partial charge in [-0.1, -0.05) is 18.5 Å². The summed E-state index contributed by atoms with van der Waals surface area (Å²) in [4.78, 5) is 0. The van der Waals surface area contributed by atoms with Crippen LogP contribution in [-0.4, -0.2) is 17.7 Å². The van der Waals surface area contributed by atoms with E-state index < -0.39 is 0 Å². The van der Waals surface area contributed by atoms with Gasteiger partial charge in [0.15, 0.2) is 0 Å². The first-order valence-electron chi connectivity index (χ1n) is 5.66. The number of fused-ring (bicyclic) bond motifs is 1. The number of hydrogen-bond acceptors (Lipinski definition) is 1. The van der Waals surface area contributed by atoms with Crippen LogP contribution in [0.4, 0.5) is 0 Å². The van der Waals surface area contributed by atoms with Gasteiger partial charge in [0, 0.05) is 29.2 Å². The Bertz CT molecular complexity index is 488. The molecule has 1 heterocycles. The highest BCUT2D eigenvalue weighted by Gasteiger charge is 2.06. The summed E-state index contributed by atoms with van der Waals surface area (Å²) in [7, 11) is 2.08. The van der Waals surface area contributed by atoms with Crippen molar-refractivity contribution in [2.75, 3.05) is 13.1 Å². The van der Waals surface area contributed by atoms with E-state index in [1.165, 1.54) is 16.5 Å². The van der Waals surface area contributed by atoms with Gasteiger partial charge in [-0.2, -0.15) is 0 Å². The van der Waals surface area contributed by atoms with Crippen molar-refractivity contribution in [3.05, 3.63) is 35.0 Å². The Kier molecular flexibility index (Phi) is 3.52. The number of nitrogens with zero attached hydrogens (tertiary/aromatic N) is 1. The molecule has 0 amide bonds. The second kappa shape index (κ2) is 4.89. The van der Waals surface area contributed by atoms with E-state index in [0.717, 1.165) is 24.5 Å². The summed E-state index contributed by atoms with van der Waals surface area (Å²) < 4.78 is 2.16. The van der Waals surface area contributed by atoms with E-state index in [9.17, 15) is 0 Å². The van der Waals surface area contributed by atoms with Gasteiger partial charge >= 0.3 is 0 Å². The maximum absolute atomic E-state index is 6.04. The Morgan fingerprint density at radius 1 is 1.38 bits per heavy atom. The molecule has 0 atom stereocenters. The average molecular weight is 237 g/mol. The molecule has 16 heavy (non-hydrogen) atoms. The van der Waals surface area contributed by atoms with Crippen molar-refractivity contribution in [2.45, 2.75) is 13.3 Å². The molecular formula is C13H17ClN2. The summed E-state index contributed by atoms with van der Waals surface area (Å²) in [5.74, 6) is 0. The molecule has 2 aromatic rings. The smallest absolute Gasteiger partial charge is 0.0481 e. The molecule has 86 valence electrons. The molecule has 0 aliphatic heterocycles. The largest absolute Gasteiger partial charge is 0.350 e. The predicted molar refractivity (Wildman–Crippen MR) is 70.2 cm³/mol. The second-order valence-corrected chi connectivity index (χ2v) is 4.47. The molecule has 0 radical (unpaired) electrons. The molecule has 0 spiro atoms. The monoisotopic (exact) mass is 236 g/mol. The highest BCUT2D eigenvalue weighted by atomic mass is 35.5. The van der Waals surface area contributed by atoms with Crippen LogP contribution in [0.1, 0.15) is 12.5 Å². The lowest BCUT2D eigenvalue weighted by molar-refractivity contribution is 0.717. The first-order valence-corrected chi connectivity index (χ1v) is 6.04. The van der Waals surface area contributed by atoms with Crippen LogP contribution in [0.15, 0.2) is 24.4 Å². The first-order chi connectivity index (χ1) is 7.72. The number of halogens is 1. The first kappa shape index (κ1) is 11.5. The lowest BCUT2D eigenvalue weighted by Crippen LogP contribution is -2.15. The van der Waals surface area contributed by atoms with Crippen molar-refractivity contribution in [3.8, 4) is 0 Å². The fraction of sp³-hybridized carbons (Fsp3) is 0.385. The number of hydrogen-bond donors (Lipinski definition) is 1. The Hall–Kier alpha value is -0.990. The van der Waals surface area contributed by atoms with Crippen molar-refractivity contribution in [1.82, 2.24) is 9.88 Å². The molecule has 2 nitrogen and oxygen atoms in total. The van der Waals surface area contributed by atoms with E-state index >= 15 is 0 Å². The molecule has 1 aromatic heterocycles. The summed E-state index contributed by atoms with van der Waals surface area (Å²) in [5, 5.41) is 5.42. The third kappa shape index (κ3) is 2.23. The van der Waals surface area contributed by atoms with E-state index in [-0.39, 0.29) is 0 Å². The standard InChI is InChI=1S/C13H17ClN2/c1-3-15-7-6-10-9-16(2)13-5-4-11(14)8-12(10)13/h4-5,8-9,15H,3,6-7H2,1-2H3. The zero-order chi connectivity index (χ0) is 11.5. The number of nitrogens with one attached hydrogen (secondary N) is 1. The van der Waals surface area contributed by atoms with Crippen LogP contribution in [-0.2, 0) is 13.5 Å². The van der Waals surface area contributed by atoms with E-state index in [2.05, 4.69) is 42.2 Å². The molecule has 3 heteroatoms. The van der Waals surface area contributed by atoms with Crippen LogP contribution in [0, 0.1) is 0 Å². The topological polar surface area (TPSA) is 17.0 Å². The molecule has 0 bridgehead atoms. The number of aryl methyl sites for hydroxylation is 1. The van der Waals surface area contributed by atoms with Crippen molar-refractivity contribution in [3.63, 3.8) is 0 Å². The minimum atomic E-state index is 0.809.